The van der Waals surface area contributed by atoms with Crippen molar-refractivity contribution in [3.63, 3.8) is 0 Å². The van der Waals surface area contributed by atoms with Crippen molar-refractivity contribution in [3.8, 4) is 0 Å². The highest BCUT2D eigenvalue weighted by atomic mass is 32.2. The molecule has 0 radical (unpaired) electrons. The van der Waals surface area contributed by atoms with Gasteiger partial charge >= 0.3 is 0 Å². The van der Waals surface area contributed by atoms with Gasteiger partial charge in [-0.05, 0) is 67.8 Å². The first kappa shape index (κ1) is 21.6. The molecular weight excluding hydrogens is 396 g/mol. The number of nitrogens with one attached hydrogen (secondary N) is 1. The van der Waals surface area contributed by atoms with E-state index in [9.17, 15) is 13.2 Å². The van der Waals surface area contributed by atoms with Gasteiger partial charge in [-0.1, -0.05) is 42.5 Å². The van der Waals surface area contributed by atoms with Crippen LogP contribution in [0.4, 0.5) is 5.69 Å². The van der Waals surface area contributed by atoms with E-state index in [0.717, 1.165) is 11.1 Å². The molecule has 3 aromatic rings. The highest BCUT2D eigenvalue weighted by Crippen LogP contribution is 2.23. The second kappa shape index (κ2) is 8.71. The summed E-state index contributed by atoms with van der Waals surface area (Å²) in [5, 5.41) is 2.95. The Morgan fingerprint density at radius 1 is 0.900 bits per heavy atom. The van der Waals surface area contributed by atoms with Crippen molar-refractivity contribution in [2.24, 2.45) is 0 Å². The first-order valence-corrected chi connectivity index (χ1v) is 11.2. The van der Waals surface area contributed by atoms with Crippen LogP contribution in [0.2, 0.25) is 0 Å². The molecule has 0 aromatic heterocycles. The van der Waals surface area contributed by atoms with Crippen molar-refractivity contribution in [1.82, 2.24) is 5.32 Å². The van der Waals surface area contributed by atoms with Gasteiger partial charge in [0.25, 0.3) is 15.9 Å². The van der Waals surface area contributed by atoms with E-state index in [4.69, 9.17) is 0 Å². The molecule has 0 aliphatic heterocycles. The predicted octanol–water partition coefficient (Wildman–Crippen LogP) is 4.62. The second-order valence-electron chi connectivity index (χ2n) is 7.37. The number of nitrogens with zero attached hydrogens (tertiary/aromatic N) is 1. The number of aryl methyl sites for hydroxylation is 2. The summed E-state index contributed by atoms with van der Waals surface area (Å²) >= 11 is 0. The van der Waals surface area contributed by atoms with Crippen LogP contribution in [0, 0.1) is 13.8 Å². The third kappa shape index (κ3) is 4.54. The van der Waals surface area contributed by atoms with Crippen molar-refractivity contribution >= 4 is 21.6 Å². The summed E-state index contributed by atoms with van der Waals surface area (Å²) in [6, 6.07) is 20.8. The van der Waals surface area contributed by atoms with E-state index < -0.39 is 10.0 Å². The predicted molar refractivity (Wildman–Crippen MR) is 120 cm³/mol. The van der Waals surface area contributed by atoms with Crippen LogP contribution in [0.15, 0.2) is 77.7 Å². The van der Waals surface area contributed by atoms with Gasteiger partial charge in [-0.15, -0.1) is 0 Å². The number of rotatable bonds is 6. The van der Waals surface area contributed by atoms with Crippen LogP contribution < -0.4 is 9.62 Å². The number of amides is 1. The minimum absolute atomic E-state index is 0.0698. The summed E-state index contributed by atoms with van der Waals surface area (Å²) in [5.41, 5.74) is 4.20. The highest BCUT2D eigenvalue weighted by Gasteiger charge is 2.22. The molecule has 6 heteroatoms. The molecule has 3 rings (SSSR count). The zero-order valence-electron chi connectivity index (χ0n) is 17.6. The van der Waals surface area contributed by atoms with Crippen molar-refractivity contribution in [3.05, 3.63) is 95.1 Å². The summed E-state index contributed by atoms with van der Waals surface area (Å²) < 4.78 is 27.2. The Morgan fingerprint density at radius 2 is 1.60 bits per heavy atom. The number of carbonyl (C=O) groups is 1. The number of benzene rings is 3. The Kier molecular flexibility index (Phi) is 6.27. The number of hydrogen-bond acceptors (Lipinski definition) is 3. The summed E-state index contributed by atoms with van der Waals surface area (Å²) in [4.78, 5) is 12.8. The number of para-hydroxylation sites is 1. The van der Waals surface area contributed by atoms with Crippen LogP contribution >= 0.6 is 0 Å². The van der Waals surface area contributed by atoms with Gasteiger partial charge in [0.05, 0.1) is 16.6 Å². The third-order valence-corrected chi connectivity index (χ3v) is 7.03. The van der Waals surface area contributed by atoms with Crippen LogP contribution in [0.25, 0.3) is 0 Å². The van der Waals surface area contributed by atoms with Crippen LogP contribution in [0.1, 0.15) is 40.0 Å². The van der Waals surface area contributed by atoms with E-state index in [1.165, 1.54) is 29.0 Å². The Morgan fingerprint density at radius 3 is 2.27 bits per heavy atom. The van der Waals surface area contributed by atoms with Gasteiger partial charge in [-0.25, -0.2) is 8.42 Å². The van der Waals surface area contributed by atoms with Crippen LogP contribution in [-0.4, -0.2) is 21.4 Å². The van der Waals surface area contributed by atoms with Gasteiger partial charge < -0.3 is 5.32 Å². The van der Waals surface area contributed by atoms with Crippen LogP contribution in [0.3, 0.4) is 0 Å². The van der Waals surface area contributed by atoms with Gasteiger partial charge in [0.15, 0.2) is 0 Å². The lowest BCUT2D eigenvalue weighted by atomic mass is 10.0. The van der Waals surface area contributed by atoms with Gasteiger partial charge in [0.1, 0.15) is 0 Å². The number of carbonyl (C=O) groups excluding carboxylic acids is 1. The largest absolute Gasteiger partial charge is 0.346 e. The molecule has 30 heavy (non-hydrogen) atoms. The lowest BCUT2D eigenvalue weighted by Crippen LogP contribution is -2.28. The SMILES string of the molecule is Cc1ccc([C@@H](C)NC(=O)c2cccc(S(=O)(=O)N(C)c3ccccc3)c2)cc1C. The molecule has 3 aromatic carbocycles. The Balaban J connectivity index is 1.82. The van der Waals surface area contributed by atoms with E-state index in [0.29, 0.717) is 11.3 Å². The van der Waals surface area contributed by atoms with Gasteiger partial charge in [0.2, 0.25) is 0 Å². The highest BCUT2D eigenvalue weighted by molar-refractivity contribution is 7.92. The van der Waals surface area contributed by atoms with Gasteiger partial charge in [-0.2, -0.15) is 0 Å². The normalized spacial score (nSPS) is 12.3. The fourth-order valence-corrected chi connectivity index (χ4v) is 4.37. The van der Waals surface area contributed by atoms with Crippen molar-refractivity contribution in [1.29, 1.82) is 0 Å². The van der Waals surface area contributed by atoms with Crippen LogP contribution in [0.5, 0.6) is 0 Å². The molecule has 0 fully saturated rings. The van der Waals surface area contributed by atoms with Crippen LogP contribution in [-0.2, 0) is 10.0 Å². The molecule has 0 saturated heterocycles. The maximum absolute atomic E-state index is 13.0. The molecule has 1 N–H and O–H groups in total. The van der Waals surface area contributed by atoms with E-state index in [-0.39, 0.29) is 16.8 Å². The van der Waals surface area contributed by atoms with E-state index >= 15 is 0 Å². The molecule has 1 amide bonds. The van der Waals surface area contributed by atoms with E-state index in [2.05, 4.69) is 11.4 Å². The second-order valence-corrected chi connectivity index (χ2v) is 9.34. The molecule has 0 saturated carbocycles. The average Bonchev–Trinajstić information content (AvgIpc) is 2.75. The summed E-state index contributed by atoms with van der Waals surface area (Å²) in [7, 11) is -2.29. The smallest absolute Gasteiger partial charge is 0.264 e. The fourth-order valence-electron chi connectivity index (χ4n) is 3.13. The minimum atomic E-state index is -3.79. The van der Waals surface area contributed by atoms with E-state index in [1.54, 1.807) is 36.4 Å². The molecule has 156 valence electrons. The third-order valence-electron chi connectivity index (χ3n) is 5.25. The van der Waals surface area contributed by atoms with Gasteiger partial charge in [-0.3, -0.25) is 9.10 Å². The number of anilines is 1. The van der Waals surface area contributed by atoms with E-state index in [1.807, 2.05) is 39.0 Å². The molecule has 0 heterocycles. The standard InChI is InChI=1S/C24H26N2O3S/c1-17-13-14-20(15-18(17)2)19(3)25-24(27)21-9-8-12-23(16-21)30(28,29)26(4)22-10-6-5-7-11-22/h5-16,19H,1-4H3,(H,25,27)/t19-/m1/s1. The molecule has 0 aliphatic rings. The average molecular weight is 423 g/mol. The maximum atomic E-state index is 13.0. The molecule has 0 unspecified atom stereocenters. The lowest BCUT2D eigenvalue weighted by molar-refractivity contribution is 0.0939. The lowest BCUT2D eigenvalue weighted by Gasteiger charge is -2.20. The van der Waals surface area contributed by atoms with Gasteiger partial charge in [0, 0.05) is 12.6 Å². The molecule has 0 aliphatic carbocycles. The summed E-state index contributed by atoms with van der Waals surface area (Å²) in [6.45, 7) is 5.98. The minimum Gasteiger partial charge on any atom is -0.346 e. The monoisotopic (exact) mass is 422 g/mol. The quantitative estimate of drug-likeness (QED) is 0.630. The summed E-state index contributed by atoms with van der Waals surface area (Å²) in [6.07, 6.45) is 0. The van der Waals surface area contributed by atoms with Crippen molar-refractivity contribution in [2.75, 3.05) is 11.4 Å². The number of sulfonamides is 1. The zero-order valence-corrected chi connectivity index (χ0v) is 18.4. The molecular formula is C24H26N2O3S. The summed E-state index contributed by atoms with van der Waals surface area (Å²) in [5.74, 6) is -0.319. The van der Waals surface area contributed by atoms with Crippen molar-refractivity contribution in [2.45, 2.75) is 31.7 Å². The molecule has 1 atom stereocenters. The van der Waals surface area contributed by atoms with Crippen molar-refractivity contribution < 1.29 is 13.2 Å². The molecule has 5 nitrogen and oxygen atoms in total. The fraction of sp³-hybridized carbons (Fsp3) is 0.208. The maximum Gasteiger partial charge on any atom is 0.264 e. The molecule has 0 spiro atoms. The Hall–Kier alpha value is -3.12. The molecule has 0 bridgehead atoms. The zero-order chi connectivity index (χ0) is 21.9. The Labute approximate surface area is 178 Å². The first-order chi connectivity index (χ1) is 14.2. The first-order valence-electron chi connectivity index (χ1n) is 9.72. The topological polar surface area (TPSA) is 66.5 Å². The Bertz CT molecular complexity index is 1160. The number of hydrogen-bond donors (Lipinski definition) is 1.